The molecule has 1 saturated heterocycles. The minimum absolute atomic E-state index is 0.189. The smallest absolute Gasteiger partial charge is 0.283 e. The van der Waals surface area contributed by atoms with Crippen molar-refractivity contribution >= 4 is 11.7 Å². The Balaban J connectivity index is 2.06. The summed E-state index contributed by atoms with van der Waals surface area (Å²) >= 11 is 0. The molecular weight excluding hydrogens is 338 g/mol. The van der Waals surface area contributed by atoms with Crippen LogP contribution >= 0.6 is 0 Å². The molecule has 1 fully saturated rings. The summed E-state index contributed by atoms with van der Waals surface area (Å²) in [5.41, 5.74) is 3.00. The standard InChI is InChI=1S/C17H21N5O4/c1-24-13-4-3-11(9-14(13)25-2)16-19-12(17(23)21-18)10-15(20-16)22-5-7-26-8-6-22/h3-4,9-10H,5-8,18H2,1-2H3,(H,21,23). The summed E-state index contributed by atoms with van der Waals surface area (Å²) in [5.74, 6) is 6.98. The third-order valence-corrected chi connectivity index (χ3v) is 4.05. The summed E-state index contributed by atoms with van der Waals surface area (Å²) in [6, 6.07) is 6.96. The highest BCUT2D eigenvalue weighted by Crippen LogP contribution is 2.31. The molecule has 0 unspecified atom stereocenters. The van der Waals surface area contributed by atoms with Crippen LogP contribution in [-0.2, 0) is 4.74 Å². The van der Waals surface area contributed by atoms with Crippen LogP contribution in [0.5, 0.6) is 11.5 Å². The van der Waals surface area contributed by atoms with Gasteiger partial charge in [-0.1, -0.05) is 0 Å². The van der Waals surface area contributed by atoms with Gasteiger partial charge in [-0.3, -0.25) is 10.2 Å². The first-order valence-corrected chi connectivity index (χ1v) is 8.11. The van der Waals surface area contributed by atoms with Gasteiger partial charge in [-0.25, -0.2) is 15.8 Å². The van der Waals surface area contributed by atoms with E-state index in [-0.39, 0.29) is 5.69 Å². The number of hydrogen-bond acceptors (Lipinski definition) is 8. The van der Waals surface area contributed by atoms with Crippen LogP contribution in [0.3, 0.4) is 0 Å². The maximum atomic E-state index is 12.0. The van der Waals surface area contributed by atoms with E-state index in [2.05, 4.69) is 15.4 Å². The average Bonchev–Trinajstić information content (AvgIpc) is 2.72. The molecule has 3 rings (SSSR count). The number of nitrogens with one attached hydrogen (secondary N) is 1. The lowest BCUT2D eigenvalue weighted by Gasteiger charge is -2.28. The van der Waals surface area contributed by atoms with Crippen molar-refractivity contribution in [3.05, 3.63) is 30.0 Å². The normalized spacial score (nSPS) is 14.0. The molecule has 0 saturated carbocycles. The minimum Gasteiger partial charge on any atom is -0.493 e. The summed E-state index contributed by atoms with van der Waals surface area (Å²) in [7, 11) is 3.12. The van der Waals surface area contributed by atoms with Gasteiger partial charge in [0.05, 0.1) is 27.4 Å². The Kier molecular flexibility index (Phi) is 5.49. The highest BCUT2D eigenvalue weighted by atomic mass is 16.5. The summed E-state index contributed by atoms with van der Waals surface area (Å²) in [4.78, 5) is 23.0. The molecule has 26 heavy (non-hydrogen) atoms. The topological polar surface area (TPSA) is 112 Å². The van der Waals surface area contributed by atoms with Crippen molar-refractivity contribution in [1.29, 1.82) is 0 Å². The number of hydrogen-bond donors (Lipinski definition) is 2. The van der Waals surface area contributed by atoms with E-state index in [4.69, 9.17) is 20.1 Å². The number of carbonyl (C=O) groups is 1. The maximum absolute atomic E-state index is 12.0. The quantitative estimate of drug-likeness (QED) is 0.453. The van der Waals surface area contributed by atoms with Crippen LogP contribution in [0, 0.1) is 0 Å². The molecule has 1 aliphatic heterocycles. The molecule has 0 aliphatic carbocycles. The zero-order chi connectivity index (χ0) is 18.5. The van der Waals surface area contributed by atoms with Gasteiger partial charge in [-0.05, 0) is 18.2 Å². The molecule has 3 N–H and O–H groups in total. The summed E-state index contributed by atoms with van der Waals surface area (Å²) < 4.78 is 16.0. The molecule has 0 atom stereocenters. The van der Waals surface area contributed by atoms with E-state index in [1.165, 1.54) is 0 Å². The van der Waals surface area contributed by atoms with Crippen molar-refractivity contribution in [2.75, 3.05) is 45.4 Å². The van der Waals surface area contributed by atoms with Crippen LogP contribution in [0.2, 0.25) is 0 Å². The van der Waals surface area contributed by atoms with Gasteiger partial charge in [0.2, 0.25) is 0 Å². The molecule has 9 nitrogen and oxygen atoms in total. The number of hydrazine groups is 1. The fourth-order valence-corrected chi connectivity index (χ4v) is 2.68. The molecule has 9 heteroatoms. The predicted octanol–water partition coefficient (Wildman–Crippen LogP) is 0.601. The predicted molar refractivity (Wildman–Crippen MR) is 95.3 cm³/mol. The lowest BCUT2D eigenvalue weighted by molar-refractivity contribution is 0.0948. The van der Waals surface area contributed by atoms with E-state index in [0.717, 1.165) is 0 Å². The Morgan fingerprint density at radius 1 is 1.15 bits per heavy atom. The van der Waals surface area contributed by atoms with Crippen molar-refractivity contribution in [2.45, 2.75) is 0 Å². The van der Waals surface area contributed by atoms with Gasteiger partial charge < -0.3 is 19.1 Å². The van der Waals surface area contributed by atoms with E-state index in [0.29, 0.717) is 55.0 Å². The van der Waals surface area contributed by atoms with Crippen LogP contribution in [0.25, 0.3) is 11.4 Å². The molecule has 1 amide bonds. The van der Waals surface area contributed by atoms with Gasteiger partial charge in [0.1, 0.15) is 11.5 Å². The van der Waals surface area contributed by atoms with Crippen LogP contribution in [0.4, 0.5) is 5.82 Å². The van der Waals surface area contributed by atoms with Gasteiger partial charge in [-0.15, -0.1) is 0 Å². The number of aromatic nitrogens is 2. The second-order valence-electron chi connectivity index (χ2n) is 5.58. The van der Waals surface area contributed by atoms with Crippen molar-refractivity contribution in [3.63, 3.8) is 0 Å². The molecule has 2 aromatic rings. The van der Waals surface area contributed by atoms with Crippen LogP contribution in [0.1, 0.15) is 10.5 Å². The van der Waals surface area contributed by atoms with Crippen LogP contribution in [-0.4, -0.2) is 56.4 Å². The Morgan fingerprint density at radius 3 is 2.54 bits per heavy atom. The molecule has 1 aliphatic rings. The molecule has 0 radical (unpaired) electrons. The third-order valence-electron chi connectivity index (χ3n) is 4.05. The first kappa shape index (κ1) is 17.9. The lowest BCUT2D eigenvalue weighted by atomic mass is 10.1. The Hall–Kier alpha value is -2.91. The number of anilines is 1. The largest absolute Gasteiger partial charge is 0.493 e. The second kappa shape index (κ2) is 7.98. The number of nitrogen functional groups attached to an aromatic ring is 1. The number of morpholine rings is 1. The SMILES string of the molecule is COc1ccc(-c2nc(C(=O)NN)cc(N3CCOCC3)n2)cc1OC. The third kappa shape index (κ3) is 3.68. The first-order chi connectivity index (χ1) is 12.7. The number of amides is 1. The molecule has 0 bridgehead atoms. The van der Waals surface area contributed by atoms with Crippen LogP contribution < -0.4 is 25.6 Å². The number of benzene rings is 1. The Morgan fingerprint density at radius 2 is 1.88 bits per heavy atom. The summed E-state index contributed by atoms with van der Waals surface area (Å²) in [6.07, 6.45) is 0. The second-order valence-corrected chi connectivity index (χ2v) is 5.58. The Bertz CT molecular complexity index is 793. The molecule has 138 valence electrons. The number of carbonyl (C=O) groups excluding carboxylic acids is 1. The fourth-order valence-electron chi connectivity index (χ4n) is 2.68. The van der Waals surface area contributed by atoms with Gasteiger partial charge in [-0.2, -0.15) is 0 Å². The van der Waals surface area contributed by atoms with E-state index in [1.54, 1.807) is 32.4 Å². The molecule has 1 aromatic heterocycles. The van der Waals surface area contributed by atoms with E-state index < -0.39 is 5.91 Å². The van der Waals surface area contributed by atoms with Gasteiger partial charge in [0, 0.05) is 24.7 Å². The molecule has 1 aromatic carbocycles. The minimum atomic E-state index is -0.483. The average molecular weight is 359 g/mol. The van der Waals surface area contributed by atoms with Crippen molar-refractivity contribution in [3.8, 4) is 22.9 Å². The highest BCUT2D eigenvalue weighted by molar-refractivity contribution is 5.93. The van der Waals surface area contributed by atoms with Crippen LogP contribution in [0.15, 0.2) is 24.3 Å². The monoisotopic (exact) mass is 359 g/mol. The summed E-state index contributed by atoms with van der Waals surface area (Å²) in [6.45, 7) is 2.58. The van der Waals surface area contributed by atoms with E-state index in [9.17, 15) is 4.79 Å². The van der Waals surface area contributed by atoms with E-state index in [1.807, 2.05) is 11.0 Å². The van der Waals surface area contributed by atoms with E-state index >= 15 is 0 Å². The molecule has 0 spiro atoms. The molecular formula is C17H21N5O4. The van der Waals surface area contributed by atoms with Crippen molar-refractivity contribution in [1.82, 2.24) is 15.4 Å². The van der Waals surface area contributed by atoms with Gasteiger partial charge in [0.15, 0.2) is 17.3 Å². The molecule has 2 heterocycles. The van der Waals surface area contributed by atoms with Crippen molar-refractivity contribution < 1.29 is 19.0 Å². The number of methoxy groups -OCH3 is 2. The zero-order valence-corrected chi connectivity index (χ0v) is 14.7. The number of ether oxygens (including phenoxy) is 3. The first-order valence-electron chi connectivity index (χ1n) is 8.11. The van der Waals surface area contributed by atoms with Crippen molar-refractivity contribution in [2.24, 2.45) is 5.84 Å². The Labute approximate surface area is 151 Å². The maximum Gasteiger partial charge on any atom is 0.283 e. The number of rotatable bonds is 5. The van der Waals surface area contributed by atoms with Gasteiger partial charge >= 0.3 is 0 Å². The van der Waals surface area contributed by atoms with Gasteiger partial charge in [0.25, 0.3) is 5.91 Å². The number of nitrogens with zero attached hydrogens (tertiary/aromatic N) is 3. The zero-order valence-electron chi connectivity index (χ0n) is 14.7. The summed E-state index contributed by atoms with van der Waals surface area (Å²) in [5, 5.41) is 0. The lowest BCUT2D eigenvalue weighted by Crippen LogP contribution is -2.37. The number of nitrogens with two attached hydrogens (primary N) is 1. The highest BCUT2D eigenvalue weighted by Gasteiger charge is 2.19. The fraction of sp³-hybridized carbons (Fsp3) is 0.353.